The van der Waals surface area contributed by atoms with Crippen LogP contribution in [0.1, 0.15) is 31.7 Å². The van der Waals surface area contributed by atoms with Crippen LogP contribution in [0.15, 0.2) is 24.3 Å². The lowest BCUT2D eigenvalue weighted by molar-refractivity contribution is 0.0474. The molecule has 1 aromatic carbocycles. The van der Waals surface area contributed by atoms with E-state index in [0.717, 1.165) is 25.1 Å². The molecule has 1 aliphatic heterocycles. The third-order valence-corrected chi connectivity index (χ3v) is 3.91. The van der Waals surface area contributed by atoms with Gasteiger partial charge in [-0.15, -0.1) is 0 Å². The lowest BCUT2D eigenvalue weighted by Crippen LogP contribution is -2.44. The monoisotopic (exact) mass is 279 g/mol. The van der Waals surface area contributed by atoms with Gasteiger partial charge in [0, 0.05) is 19.0 Å². The van der Waals surface area contributed by atoms with Crippen LogP contribution in [-0.2, 0) is 10.4 Å². The van der Waals surface area contributed by atoms with E-state index in [1.165, 1.54) is 0 Å². The maximum atomic E-state index is 14.9. The van der Waals surface area contributed by atoms with Crippen LogP contribution in [0.5, 0.6) is 5.75 Å². The summed E-state index contributed by atoms with van der Waals surface area (Å²) in [5.41, 5.74) is -0.649. The Labute approximate surface area is 119 Å². The van der Waals surface area contributed by atoms with Gasteiger partial charge in [-0.3, -0.25) is 0 Å². The van der Waals surface area contributed by atoms with E-state index in [-0.39, 0.29) is 6.04 Å². The van der Waals surface area contributed by atoms with Gasteiger partial charge in [0.2, 0.25) is 0 Å². The number of ether oxygens (including phenoxy) is 2. The minimum Gasteiger partial charge on any atom is -0.490 e. The average molecular weight is 279 g/mol. The zero-order valence-electron chi connectivity index (χ0n) is 11.9. The Morgan fingerprint density at radius 2 is 2.10 bits per heavy atom. The summed E-state index contributed by atoms with van der Waals surface area (Å²) in [6, 6.07) is 7.50. The molecule has 20 heavy (non-hydrogen) atoms. The molecule has 3 rings (SSSR count). The molecule has 0 bridgehead atoms. The molecule has 1 saturated carbocycles. The van der Waals surface area contributed by atoms with E-state index >= 15 is 0 Å². The highest BCUT2D eigenvalue weighted by atomic mass is 19.1. The molecule has 1 N–H and O–H groups in total. The molecule has 2 unspecified atom stereocenters. The van der Waals surface area contributed by atoms with E-state index in [1.54, 1.807) is 6.92 Å². The normalized spacial score (nSPS) is 26.0. The van der Waals surface area contributed by atoms with E-state index in [1.807, 2.05) is 24.3 Å². The number of morpholine rings is 1. The molecular formula is C16H22FNO2. The molecule has 0 radical (unpaired) electrons. The fourth-order valence-electron chi connectivity index (χ4n) is 2.59. The summed E-state index contributed by atoms with van der Waals surface area (Å²) in [4.78, 5) is 0. The van der Waals surface area contributed by atoms with Gasteiger partial charge >= 0.3 is 0 Å². The maximum absolute atomic E-state index is 14.9. The number of hydrogen-bond donors (Lipinski definition) is 1. The summed E-state index contributed by atoms with van der Waals surface area (Å²) >= 11 is 0. The second-order valence-electron chi connectivity index (χ2n) is 5.97. The van der Waals surface area contributed by atoms with Gasteiger partial charge in [-0.05, 0) is 37.5 Å². The van der Waals surface area contributed by atoms with Crippen molar-refractivity contribution in [2.24, 2.45) is 0 Å². The first-order chi connectivity index (χ1) is 9.63. The first-order valence-corrected chi connectivity index (χ1v) is 7.41. The molecule has 1 aliphatic carbocycles. The Hall–Kier alpha value is -1.13. The second kappa shape index (κ2) is 5.70. The number of benzene rings is 1. The predicted octanol–water partition coefficient (Wildman–Crippen LogP) is 2.79. The first-order valence-electron chi connectivity index (χ1n) is 7.41. The third-order valence-electron chi connectivity index (χ3n) is 3.91. The number of halogens is 1. The molecular weight excluding hydrogens is 257 g/mol. The van der Waals surface area contributed by atoms with Crippen LogP contribution >= 0.6 is 0 Å². The molecule has 2 fully saturated rings. The number of alkyl halides is 1. The average Bonchev–Trinajstić information content (AvgIpc) is 3.24. The van der Waals surface area contributed by atoms with Crippen LogP contribution in [0.4, 0.5) is 4.39 Å². The van der Waals surface area contributed by atoms with Crippen molar-refractivity contribution in [3.05, 3.63) is 29.8 Å². The number of hydrogen-bond acceptors (Lipinski definition) is 3. The summed E-state index contributed by atoms with van der Waals surface area (Å²) < 4.78 is 25.9. The Morgan fingerprint density at radius 3 is 2.70 bits per heavy atom. The summed E-state index contributed by atoms with van der Waals surface area (Å²) in [6.07, 6.45) is 3.07. The van der Waals surface area contributed by atoms with E-state index in [4.69, 9.17) is 9.47 Å². The van der Waals surface area contributed by atoms with E-state index in [0.29, 0.717) is 31.3 Å². The van der Waals surface area contributed by atoms with Gasteiger partial charge in [-0.1, -0.05) is 12.1 Å². The van der Waals surface area contributed by atoms with Crippen LogP contribution in [-0.4, -0.2) is 31.9 Å². The minimum absolute atomic E-state index is 0.0844. The molecule has 2 atom stereocenters. The molecule has 2 aliphatic rings. The Bertz CT molecular complexity index is 436. The van der Waals surface area contributed by atoms with Crippen molar-refractivity contribution >= 4 is 0 Å². The van der Waals surface area contributed by atoms with Crippen molar-refractivity contribution in [2.75, 3.05) is 19.8 Å². The molecule has 1 aromatic rings. The van der Waals surface area contributed by atoms with Crippen LogP contribution in [0.2, 0.25) is 0 Å². The van der Waals surface area contributed by atoms with E-state index < -0.39 is 5.67 Å². The van der Waals surface area contributed by atoms with Gasteiger partial charge in [0.15, 0.2) is 0 Å². The van der Waals surface area contributed by atoms with Crippen LogP contribution in [0.3, 0.4) is 0 Å². The lowest BCUT2D eigenvalue weighted by Gasteiger charge is -2.30. The van der Waals surface area contributed by atoms with Crippen molar-refractivity contribution < 1.29 is 13.9 Å². The van der Waals surface area contributed by atoms with Crippen molar-refractivity contribution in [1.82, 2.24) is 5.32 Å². The van der Waals surface area contributed by atoms with Crippen LogP contribution in [0.25, 0.3) is 0 Å². The molecule has 0 aromatic heterocycles. The predicted molar refractivity (Wildman–Crippen MR) is 75.8 cm³/mol. The van der Waals surface area contributed by atoms with Crippen LogP contribution in [0, 0.1) is 0 Å². The van der Waals surface area contributed by atoms with Gasteiger partial charge in [0.05, 0.1) is 19.3 Å². The largest absolute Gasteiger partial charge is 0.490 e. The smallest absolute Gasteiger partial charge is 0.134 e. The molecule has 4 heteroatoms. The fraction of sp³-hybridized carbons (Fsp3) is 0.625. The SMILES string of the molecule is CC(F)(CC1COCCN1)c1ccc(OC2CC2)cc1. The Kier molecular flexibility index (Phi) is 3.94. The van der Waals surface area contributed by atoms with Crippen molar-refractivity contribution in [3.63, 3.8) is 0 Å². The van der Waals surface area contributed by atoms with Crippen molar-refractivity contribution in [2.45, 2.75) is 44.0 Å². The van der Waals surface area contributed by atoms with E-state index in [9.17, 15) is 4.39 Å². The quantitative estimate of drug-likeness (QED) is 0.899. The molecule has 3 nitrogen and oxygen atoms in total. The summed E-state index contributed by atoms with van der Waals surface area (Å²) in [5.74, 6) is 0.839. The summed E-state index contributed by atoms with van der Waals surface area (Å²) in [5, 5.41) is 3.30. The van der Waals surface area contributed by atoms with E-state index in [2.05, 4.69) is 5.32 Å². The highest BCUT2D eigenvalue weighted by molar-refractivity contribution is 5.31. The zero-order valence-corrected chi connectivity index (χ0v) is 11.9. The van der Waals surface area contributed by atoms with Gasteiger partial charge in [-0.25, -0.2) is 4.39 Å². The fourth-order valence-corrected chi connectivity index (χ4v) is 2.59. The summed E-state index contributed by atoms with van der Waals surface area (Å²) in [7, 11) is 0. The molecule has 1 heterocycles. The standard InChI is InChI=1S/C16H22FNO2/c1-16(17,10-13-11-19-9-8-18-13)12-2-4-14(5-3-12)20-15-6-7-15/h2-5,13,15,18H,6-11H2,1H3. The van der Waals surface area contributed by atoms with Crippen molar-refractivity contribution in [1.29, 1.82) is 0 Å². The number of rotatable bonds is 5. The topological polar surface area (TPSA) is 30.5 Å². The van der Waals surface area contributed by atoms with Gasteiger partial charge in [-0.2, -0.15) is 0 Å². The second-order valence-corrected chi connectivity index (χ2v) is 5.97. The first kappa shape index (κ1) is 13.8. The Balaban J connectivity index is 1.62. The van der Waals surface area contributed by atoms with Gasteiger partial charge in [0.1, 0.15) is 11.4 Å². The highest BCUT2D eigenvalue weighted by Crippen LogP contribution is 2.33. The zero-order chi connectivity index (χ0) is 14.0. The third kappa shape index (κ3) is 3.49. The van der Waals surface area contributed by atoms with Gasteiger partial charge < -0.3 is 14.8 Å². The maximum Gasteiger partial charge on any atom is 0.134 e. The molecule has 1 saturated heterocycles. The van der Waals surface area contributed by atoms with Gasteiger partial charge in [0.25, 0.3) is 0 Å². The Morgan fingerprint density at radius 1 is 1.35 bits per heavy atom. The minimum atomic E-state index is -1.35. The molecule has 110 valence electrons. The van der Waals surface area contributed by atoms with Crippen LogP contribution < -0.4 is 10.1 Å². The molecule has 0 spiro atoms. The lowest BCUT2D eigenvalue weighted by atomic mass is 9.90. The highest BCUT2D eigenvalue weighted by Gasteiger charge is 2.31. The summed E-state index contributed by atoms with van der Waals surface area (Å²) in [6.45, 7) is 3.74. The number of nitrogens with one attached hydrogen (secondary N) is 1. The van der Waals surface area contributed by atoms with Crippen molar-refractivity contribution in [3.8, 4) is 5.75 Å². The molecule has 0 amide bonds.